The molecule has 238 valence electrons. The van der Waals surface area contributed by atoms with Gasteiger partial charge in [-0.15, -0.1) is 0 Å². The monoisotopic (exact) mass is 618 g/mol. The Hall–Kier alpha value is -3.93. The molecule has 0 aromatic rings. The van der Waals surface area contributed by atoms with Gasteiger partial charge in [-0.05, 0) is 32.6 Å². The molecule has 0 saturated carbocycles. The van der Waals surface area contributed by atoms with E-state index in [0.29, 0.717) is 0 Å². The molecule has 0 spiro atoms. The van der Waals surface area contributed by atoms with Crippen molar-refractivity contribution >= 4 is 59.9 Å². The summed E-state index contributed by atoms with van der Waals surface area (Å²) in [4.78, 5) is 95.7. The maximum Gasteiger partial charge on any atom is 0.325 e. The molecule has 0 fully saturated rings. The summed E-state index contributed by atoms with van der Waals surface area (Å²) in [5, 5.41) is 23.0. The average Bonchev–Trinajstić information content (AvgIpc) is 2.90. The van der Waals surface area contributed by atoms with E-state index in [4.69, 9.17) is 16.6 Å². The van der Waals surface area contributed by atoms with Crippen LogP contribution in [-0.4, -0.2) is 101 Å². The molecule has 42 heavy (non-hydrogen) atoms. The molecule has 7 amide bonds. The molecule has 0 aliphatic carbocycles. The Morgan fingerprint density at radius 3 is 1.79 bits per heavy atom. The first-order chi connectivity index (χ1) is 19.5. The first-order valence-electron chi connectivity index (χ1n) is 13.1. The van der Waals surface area contributed by atoms with Crippen molar-refractivity contribution in [3.8, 4) is 0 Å². The van der Waals surface area contributed by atoms with E-state index in [-0.39, 0.29) is 30.9 Å². The van der Waals surface area contributed by atoms with Crippen LogP contribution in [0.2, 0.25) is 0 Å². The van der Waals surface area contributed by atoms with Gasteiger partial charge in [-0.3, -0.25) is 38.4 Å². The molecule has 18 heteroatoms. The van der Waals surface area contributed by atoms with E-state index in [9.17, 15) is 38.4 Å². The molecule has 5 atom stereocenters. The highest BCUT2D eigenvalue weighted by Gasteiger charge is 2.29. The number of hydrogen-bond donors (Lipinski definition) is 10. The lowest BCUT2D eigenvalue weighted by atomic mass is 10.0. The number of nitrogens with two attached hydrogens (primary N) is 2. The zero-order chi connectivity index (χ0) is 32.6. The standard InChI is InChI=1S/C24H42N8O9S/c1-11(2)7-15(31-19(35)9-27-18(34)8-28-21(37)14(25)5-6-17(26)33)22(38)32-16(10-42)23(39)29-12(3)20(36)30-13(4)24(40)41/h11-16,42H,5-10,25H2,1-4H3,(H2,26,33)(H,27,34)(H,28,37)(H,29,39)(H,30,36)(H,31,35)(H,32,38)(H,40,41)/t12-,13-,14-,15-,16-/m0/s1. The highest BCUT2D eigenvalue weighted by Crippen LogP contribution is 2.06. The van der Waals surface area contributed by atoms with Crippen LogP contribution in [0.4, 0.5) is 0 Å². The van der Waals surface area contributed by atoms with Crippen LogP contribution in [-0.2, 0) is 38.4 Å². The van der Waals surface area contributed by atoms with Gasteiger partial charge in [0.15, 0.2) is 0 Å². The number of carboxylic acid groups (broad SMARTS) is 1. The lowest BCUT2D eigenvalue weighted by molar-refractivity contribution is -0.141. The Balaban J connectivity index is 4.97. The quantitative estimate of drug-likeness (QED) is 0.0624. The summed E-state index contributed by atoms with van der Waals surface area (Å²) in [7, 11) is 0. The van der Waals surface area contributed by atoms with Crippen molar-refractivity contribution in [1.82, 2.24) is 31.9 Å². The van der Waals surface area contributed by atoms with Gasteiger partial charge in [0.05, 0.1) is 19.1 Å². The molecule has 17 nitrogen and oxygen atoms in total. The van der Waals surface area contributed by atoms with Crippen molar-refractivity contribution < 1.29 is 43.5 Å². The SMILES string of the molecule is CC(C)C[C@H](NC(=O)CNC(=O)CNC(=O)[C@@H](N)CCC(N)=O)C(=O)N[C@@H](CS)C(=O)N[C@@H](C)C(=O)N[C@@H](C)C(=O)O. The second-order valence-corrected chi connectivity index (χ2v) is 10.3. The molecule has 0 saturated heterocycles. The maximum absolute atomic E-state index is 12.9. The molecule has 0 aliphatic rings. The molecule has 0 bridgehead atoms. The number of primary amides is 1. The predicted molar refractivity (Wildman–Crippen MR) is 152 cm³/mol. The number of aliphatic carboxylic acids is 1. The summed E-state index contributed by atoms with van der Waals surface area (Å²) in [6.07, 6.45) is 0.0773. The fourth-order valence-electron chi connectivity index (χ4n) is 3.16. The van der Waals surface area contributed by atoms with Crippen molar-refractivity contribution in [2.45, 2.75) is 77.2 Å². The fraction of sp³-hybridized carbons (Fsp3) is 0.667. The zero-order valence-corrected chi connectivity index (χ0v) is 24.9. The normalized spacial score (nSPS) is 14.3. The molecule has 0 aromatic carbocycles. The van der Waals surface area contributed by atoms with Gasteiger partial charge >= 0.3 is 5.97 Å². The van der Waals surface area contributed by atoms with Crippen LogP contribution in [0.1, 0.15) is 47.0 Å². The van der Waals surface area contributed by atoms with Crippen molar-refractivity contribution in [1.29, 1.82) is 0 Å². The number of carboxylic acids is 1. The Labute approximate surface area is 248 Å². The third-order valence-electron chi connectivity index (χ3n) is 5.56. The van der Waals surface area contributed by atoms with Crippen LogP contribution in [0.15, 0.2) is 0 Å². The summed E-state index contributed by atoms with van der Waals surface area (Å²) in [6.45, 7) is 5.17. The smallest absolute Gasteiger partial charge is 0.325 e. The number of thiol groups is 1. The van der Waals surface area contributed by atoms with Gasteiger partial charge in [-0.25, -0.2) is 0 Å². The highest BCUT2D eigenvalue weighted by atomic mass is 32.1. The highest BCUT2D eigenvalue weighted by molar-refractivity contribution is 7.80. The van der Waals surface area contributed by atoms with Gasteiger partial charge in [0.25, 0.3) is 0 Å². The summed E-state index contributed by atoms with van der Waals surface area (Å²) in [6, 6.07) is -5.64. The third kappa shape index (κ3) is 15.8. The number of hydrogen-bond acceptors (Lipinski definition) is 10. The first kappa shape index (κ1) is 38.1. The zero-order valence-electron chi connectivity index (χ0n) is 24.0. The Kier molecular flexibility index (Phi) is 17.4. The summed E-state index contributed by atoms with van der Waals surface area (Å²) < 4.78 is 0. The van der Waals surface area contributed by atoms with Gasteiger partial charge in [-0.1, -0.05) is 13.8 Å². The van der Waals surface area contributed by atoms with Gasteiger partial charge < -0.3 is 48.5 Å². The number of amides is 7. The maximum atomic E-state index is 12.9. The van der Waals surface area contributed by atoms with E-state index in [1.165, 1.54) is 13.8 Å². The van der Waals surface area contributed by atoms with E-state index >= 15 is 0 Å². The van der Waals surface area contributed by atoms with Crippen LogP contribution >= 0.6 is 12.6 Å². The summed E-state index contributed by atoms with van der Waals surface area (Å²) in [5.74, 6) is -6.46. The molecule has 0 heterocycles. The topological polar surface area (TPSA) is 281 Å². The molecule has 0 rings (SSSR count). The van der Waals surface area contributed by atoms with E-state index < -0.39 is 90.6 Å². The summed E-state index contributed by atoms with van der Waals surface area (Å²) >= 11 is 4.07. The largest absolute Gasteiger partial charge is 0.480 e. The van der Waals surface area contributed by atoms with Crippen LogP contribution in [0.25, 0.3) is 0 Å². The average molecular weight is 619 g/mol. The molecular weight excluding hydrogens is 576 g/mol. The van der Waals surface area contributed by atoms with Crippen molar-refractivity contribution in [2.75, 3.05) is 18.8 Å². The van der Waals surface area contributed by atoms with E-state index in [2.05, 4.69) is 44.5 Å². The molecule has 11 N–H and O–H groups in total. The van der Waals surface area contributed by atoms with E-state index in [1.54, 1.807) is 13.8 Å². The minimum atomic E-state index is -1.26. The number of rotatable bonds is 19. The van der Waals surface area contributed by atoms with Crippen LogP contribution in [0, 0.1) is 5.92 Å². The lowest BCUT2D eigenvalue weighted by Crippen LogP contribution is -2.58. The Morgan fingerprint density at radius 2 is 1.26 bits per heavy atom. The van der Waals surface area contributed by atoms with Crippen molar-refractivity contribution in [2.24, 2.45) is 17.4 Å². The number of carbonyl (C=O) groups excluding carboxylic acids is 7. The lowest BCUT2D eigenvalue weighted by Gasteiger charge is -2.24. The van der Waals surface area contributed by atoms with Gasteiger partial charge in [0, 0.05) is 12.2 Å². The van der Waals surface area contributed by atoms with Crippen LogP contribution in [0.5, 0.6) is 0 Å². The molecule has 0 aromatic heterocycles. The second-order valence-electron chi connectivity index (χ2n) is 9.90. The summed E-state index contributed by atoms with van der Waals surface area (Å²) in [5.41, 5.74) is 10.6. The van der Waals surface area contributed by atoms with Gasteiger partial charge in [0.1, 0.15) is 24.2 Å². The van der Waals surface area contributed by atoms with Crippen LogP contribution < -0.4 is 43.4 Å². The Bertz CT molecular complexity index is 1010. The van der Waals surface area contributed by atoms with E-state index in [1.807, 2.05) is 0 Å². The predicted octanol–water partition coefficient (Wildman–Crippen LogP) is -4.15. The van der Waals surface area contributed by atoms with Gasteiger partial charge in [0.2, 0.25) is 41.4 Å². The fourth-order valence-corrected chi connectivity index (χ4v) is 3.42. The van der Waals surface area contributed by atoms with E-state index in [0.717, 1.165) is 0 Å². The van der Waals surface area contributed by atoms with Gasteiger partial charge in [-0.2, -0.15) is 12.6 Å². The molecule has 0 radical (unpaired) electrons. The Morgan fingerprint density at radius 1 is 0.714 bits per heavy atom. The minimum absolute atomic E-state index is 0.000653. The molecule has 0 aliphatic heterocycles. The van der Waals surface area contributed by atoms with Crippen LogP contribution in [0.3, 0.4) is 0 Å². The first-order valence-corrected chi connectivity index (χ1v) is 13.7. The van der Waals surface area contributed by atoms with Crippen molar-refractivity contribution in [3.63, 3.8) is 0 Å². The van der Waals surface area contributed by atoms with Crippen molar-refractivity contribution in [3.05, 3.63) is 0 Å². The molecule has 0 unspecified atom stereocenters. The third-order valence-corrected chi connectivity index (χ3v) is 5.93. The number of carbonyl (C=O) groups is 8. The number of nitrogens with one attached hydrogen (secondary N) is 6. The second kappa shape index (κ2) is 19.2. The minimum Gasteiger partial charge on any atom is -0.480 e. The molecular formula is C24H42N8O9S.